The van der Waals surface area contributed by atoms with Gasteiger partial charge in [0.25, 0.3) is 5.91 Å². The van der Waals surface area contributed by atoms with E-state index in [2.05, 4.69) is 10.3 Å². The van der Waals surface area contributed by atoms with Crippen LogP contribution in [0.15, 0.2) is 78.0 Å². The molecule has 1 unspecified atom stereocenters. The minimum atomic E-state index is -0.0776. The molecule has 1 atom stereocenters. The number of hydrogen-bond acceptors (Lipinski definition) is 3. The zero-order valence-electron chi connectivity index (χ0n) is 14.4. The van der Waals surface area contributed by atoms with E-state index < -0.39 is 0 Å². The van der Waals surface area contributed by atoms with Crippen molar-refractivity contribution in [1.82, 2.24) is 10.3 Å². The van der Waals surface area contributed by atoms with Crippen molar-refractivity contribution >= 4 is 29.3 Å². The van der Waals surface area contributed by atoms with Gasteiger partial charge in [0.05, 0.1) is 6.04 Å². The second-order valence-electron chi connectivity index (χ2n) is 5.92. The molecular formula is C21H19ClN2OS. The van der Waals surface area contributed by atoms with Gasteiger partial charge >= 0.3 is 0 Å². The van der Waals surface area contributed by atoms with Crippen LogP contribution in [0.4, 0.5) is 0 Å². The Morgan fingerprint density at radius 1 is 1.04 bits per heavy atom. The molecule has 0 saturated heterocycles. The minimum Gasteiger partial charge on any atom is -0.346 e. The molecule has 3 nitrogen and oxygen atoms in total. The molecule has 0 radical (unpaired) electrons. The van der Waals surface area contributed by atoms with E-state index in [4.69, 9.17) is 11.6 Å². The van der Waals surface area contributed by atoms with Crippen molar-refractivity contribution in [3.05, 3.63) is 94.8 Å². The lowest BCUT2D eigenvalue weighted by Gasteiger charge is -2.14. The molecule has 0 aliphatic heterocycles. The highest BCUT2D eigenvalue weighted by Crippen LogP contribution is 2.24. The molecule has 0 fully saturated rings. The number of pyridine rings is 1. The number of hydrogen-bond donors (Lipinski definition) is 1. The molecule has 1 amide bonds. The van der Waals surface area contributed by atoms with Gasteiger partial charge in [0.1, 0.15) is 0 Å². The zero-order valence-corrected chi connectivity index (χ0v) is 15.9. The van der Waals surface area contributed by atoms with E-state index in [1.165, 1.54) is 10.5 Å². The third-order valence-electron chi connectivity index (χ3n) is 3.99. The van der Waals surface area contributed by atoms with Crippen molar-refractivity contribution in [3.8, 4) is 0 Å². The quantitative estimate of drug-likeness (QED) is 0.571. The summed E-state index contributed by atoms with van der Waals surface area (Å²) < 4.78 is 0. The van der Waals surface area contributed by atoms with Gasteiger partial charge in [0.15, 0.2) is 0 Å². The summed E-state index contributed by atoms with van der Waals surface area (Å²) in [7, 11) is 0. The molecule has 2 aromatic carbocycles. The summed E-state index contributed by atoms with van der Waals surface area (Å²) in [6.45, 7) is 1.96. The molecule has 0 aliphatic carbocycles. The summed E-state index contributed by atoms with van der Waals surface area (Å²) >= 11 is 7.64. The van der Waals surface area contributed by atoms with Gasteiger partial charge in [0, 0.05) is 33.6 Å². The Morgan fingerprint density at radius 3 is 2.35 bits per heavy atom. The molecule has 0 bridgehead atoms. The molecule has 0 saturated carbocycles. The lowest BCUT2D eigenvalue weighted by molar-refractivity contribution is 0.0940. The van der Waals surface area contributed by atoms with E-state index in [0.717, 1.165) is 16.3 Å². The number of carbonyl (C=O) groups is 1. The van der Waals surface area contributed by atoms with Crippen molar-refractivity contribution in [3.63, 3.8) is 0 Å². The van der Waals surface area contributed by atoms with Crippen molar-refractivity contribution < 1.29 is 4.79 Å². The van der Waals surface area contributed by atoms with E-state index in [1.54, 1.807) is 24.2 Å². The average Bonchev–Trinajstić information content (AvgIpc) is 2.68. The van der Waals surface area contributed by atoms with Gasteiger partial charge in [-0.3, -0.25) is 9.78 Å². The topological polar surface area (TPSA) is 42.0 Å². The van der Waals surface area contributed by atoms with Gasteiger partial charge in [-0.1, -0.05) is 23.7 Å². The van der Waals surface area contributed by atoms with E-state index >= 15 is 0 Å². The van der Waals surface area contributed by atoms with Gasteiger partial charge in [-0.2, -0.15) is 0 Å². The molecule has 3 aromatic rings. The van der Waals surface area contributed by atoms with Crippen LogP contribution in [0.3, 0.4) is 0 Å². The fraction of sp³-hybridized carbons (Fsp3) is 0.143. The Hall–Kier alpha value is -2.30. The van der Waals surface area contributed by atoms with E-state index in [9.17, 15) is 4.79 Å². The van der Waals surface area contributed by atoms with Crippen molar-refractivity contribution in [2.45, 2.75) is 23.6 Å². The Labute approximate surface area is 162 Å². The van der Waals surface area contributed by atoms with Crippen LogP contribution in [0.2, 0.25) is 5.02 Å². The Bertz CT molecular complexity index is 851. The molecule has 1 aromatic heterocycles. The summed E-state index contributed by atoms with van der Waals surface area (Å²) in [6.07, 6.45) is 3.45. The van der Waals surface area contributed by atoms with Crippen LogP contribution >= 0.6 is 23.4 Å². The number of benzene rings is 2. The highest BCUT2D eigenvalue weighted by Gasteiger charge is 2.11. The third kappa shape index (κ3) is 5.10. The molecule has 1 heterocycles. The van der Waals surface area contributed by atoms with Gasteiger partial charge in [-0.05, 0) is 66.6 Å². The molecule has 0 aliphatic rings. The first-order valence-electron chi connectivity index (χ1n) is 8.30. The number of aromatic nitrogens is 1. The SMILES string of the molecule is CC(NC(=O)c1ccc(CSc2ccc(Cl)cc2)cc1)c1ccncc1. The first-order chi connectivity index (χ1) is 12.6. The van der Waals surface area contributed by atoms with E-state index in [1.807, 2.05) is 67.6 Å². The van der Waals surface area contributed by atoms with Crippen LogP contribution in [0, 0.1) is 0 Å². The monoisotopic (exact) mass is 382 g/mol. The standard InChI is InChI=1S/C21H19ClN2OS/c1-15(17-10-12-23-13-11-17)24-21(25)18-4-2-16(3-5-18)14-26-20-8-6-19(22)7-9-20/h2-13,15H,14H2,1H3,(H,24,25). The summed E-state index contributed by atoms with van der Waals surface area (Å²) in [5.74, 6) is 0.767. The van der Waals surface area contributed by atoms with Gasteiger partial charge in [-0.25, -0.2) is 0 Å². The smallest absolute Gasteiger partial charge is 0.251 e. The highest BCUT2D eigenvalue weighted by molar-refractivity contribution is 7.98. The number of amides is 1. The maximum absolute atomic E-state index is 12.4. The van der Waals surface area contributed by atoms with Crippen molar-refractivity contribution in [2.75, 3.05) is 0 Å². The van der Waals surface area contributed by atoms with Crippen LogP contribution in [-0.4, -0.2) is 10.9 Å². The molecule has 5 heteroatoms. The summed E-state index contributed by atoms with van der Waals surface area (Å²) in [6, 6.07) is 19.3. The summed E-state index contributed by atoms with van der Waals surface area (Å²) in [5, 5.41) is 3.75. The van der Waals surface area contributed by atoms with Crippen LogP contribution in [-0.2, 0) is 5.75 Å². The molecule has 1 N–H and O–H groups in total. The second-order valence-corrected chi connectivity index (χ2v) is 7.40. The maximum Gasteiger partial charge on any atom is 0.251 e. The predicted molar refractivity (Wildman–Crippen MR) is 108 cm³/mol. The number of rotatable bonds is 6. The lowest BCUT2D eigenvalue weighted by Crippen LogP contribution is -2.26. The molecule has 0 spiro atoms. The highest BCUT2D eigenvalue weighted by atomic mass is 35.5. The van der Waals surface area contributed by atoms with Crippen molar-refractivity contribution in [1.29, 1.82) is 0 Å². The van der Waals surface area contributed by atoms with Gasteiger partial charge < -0.3 is 5.32 Å². The normalized spacial score (nSPS) is 11.8. The van der Waals surface area contributed by atoms with E-state index in [0.29, 0.717) is 5.56 Å². The van der Waals surface area contributed by atoms with Crippen LogP contribution < -0.4 is 5.32 Å². The van der Waals surface area contributed by atoms with Crippen LogP contribution in [0.5, 0.6) is 0 Å². The predicted octanol–water partition coefficient (Wildman–Crippen LogP) is 5.52. The first kappa shape index (κ1) is 18.5. The van der Waals surface area contributed by atoms with E-state index in [-0.39, 0.29) is 11.9 Å². The van der Waals surface area contributed by atoms with Crippen LogP contribution in [0.1, 0.15) is 34.5 Å². The summed E-state index contributed by atoms with van der Waals surface area (Å²) in [4.78, 5) is 17.6. The molecule has 3 rings (SSSR count). The fourth-order valence-electron chi connectivity index (χ4n) is 2.47. The Balaban J connectivity index is 1.56. The average molecular weight is 383 g/mol. The number of halogens is 1. The first-order valence-corrected chi connectivity index (χ1v) is 9.66. The molecule has 132 valence electrons. The minimum absolute atomic E-state index is 0.0642. The third-order valence-corrected chi connectivity index (χ3v) is 5.32. The number of nitrogens with one attached hydrogen (secondary N) is 1. The zero-order chi connectivity index (χ0) is 18.4. The second kappa shape index (κ2) is 8.88. The Kier molecular flexibility index (Phi) is 6.31. The van der Waals surface area contributed by atoms with Crippen LogP contribution in [0.25, 0.3) is 0 Å². The fourth-order valence-corrected chi connectivity index (χ4v) is 3.45. The molecular weight excluding hydrogens is 364 g/mol. The van der Waals surface area contributed by atoms with Gasteiger partial charge in [-0.15, -0.1) is 11.8 Å². The number of carbonyl (C=O) groups excluding carboxylic acids is 1. The number of thioether (sulfide) groups is 1. The van der Waals surface area contributed by atoms with Gasteiger partial charge in [0.2, 0.25) is 0 Å². The Morgan fingerprint density at radius 2 is 1.69 bits per heavy atom. The summed E-state index contributed by atoms with van der Waals surface area (Å²) in [5.41, 5.74) is 2.86. The molecule has 26 heavy (non-hydrogen) atoms. The number of nitrogens with zero attached hydrogens (tertiary/aromatic N) is 1. The maximum atomic E-state index is 12.4. The lowest BCUT2D eigenvalue weighted by atomic mass is 10.1. The largest absolute Gasteiger partial charge is 0.346 e. The van der Waals surface area contributed by atoms with Crippen molar-refractivity contribution in [2.24, 2.45) is 0 Å².